The minimum absolute atomic E-state index is 0.153. The van der Waals surface area contributed by atoms with Gasteiger partial charge in [-0.3, -0.25) is 0 Å². The highest BCUT2D eigenvalue weighted by Crippen LogP contribution is 2.29. The van der Waals surface area contributed by atoms with Crippen LogP contribution in [0.4, 0.5) is 10.1 Å². The molecule has 0 aromatic heterocycles. The maximum atomic E-state index is 13.8. The SMILES string of the molecule is CCOc1cc(CNNc2ccccc2)ccc1OCc1ccccc1F. The molecule has 0 saturated heterocycles. The van der Waals surface area contributed by atoms with E-state index < -0.39 is 0 Å². The van der Waals surface area contributed by atoms with Crippen LogP contribution in [0.15, 0.2) is 72.8 Å². The summed E-state index contributed by atoms with van der Waals surface area (Å²) in [6, 6.07) is 22.2. The van der Waals surface area contributed by atoms with Crippen LogP contribution in [0.25, 0.3) is 0 Å². The molecule has 0 aliphatic rings. The van der Waals surface area contributed by atoms with Crippen LogP contribution in [0.1, 0.15) is 18.1 Å². The Hall–Kier alpha value is -3.05. The van der Waals surface area contributed by atoms with Crippen LogP contribution in [0.5, 0.6) is 11.5 Å². The van der Waals surface area contributed by atoms with Gasteiger partial charge in [0, 0.05) is 17.8 Å². The second kappa shape index (κ2) is 9.59. The van der Waals surface area contributed by atoms with Crippen molar-refractivity contribution in [3.63, 3.8) is 0 Å². The third-order valence-electron chi connectivity index (χ3n) is 3.95. The molecule has 27 heavy (non-hydrogen) atoms. The summed E-state index contributed by atoms with van der Waals surface area (Å²) in [6.45, 7) is 3.21. The van der Waals surface area contributed by atoms with E-state index in [1.54, 1.807) is 18.2 Å². The number of halogens is 1. The van der Waals surface area contributed by atoms with Crippen molar-refractivity contribution in [2.24, 2.45) is 0 Å². The smallest absolute Gasteiger partial charge is 0.161 e. The number of nitrogens with one attached hydrogen (secondary N) is 2. The first-order chi connectivity index (χ1) is 13.3. The third kappa shape index (κ3) is 5.46. The van der Waals surface area contributed by atoms with E-state index in [1.807, 2.05) is 55.5 Å². The molecule has 5 heteroatoms. The highest BCUT2D eigenvalue weighted by Gasteiger charge is 2.09. The van der Waals surface area contributed by atoms with E-state index in [4.69, 9.17) is 9.47 Å². The lowest BCUT2D eigenvalue weighted by Crippen LogP contribution is -2.20. The zero-order valence-electron chi connectivity index (χ0n) is 15.2. The van der Waals surface area contributed by atoms with Gasteiger partial charge in [-0.1, -0.05) is 42.5 Å². The fraction of sp³-hybridized carbons (Fsp3) is 0.182. The van der Waals surface area contributed by atoms with Gasteiger partial charge in [-0.25, -0.2) is 9.82 Å². The molecule has 3 aromatic rings. The number of para-hydroxylation sites is 1. The topological polar surface area (TPSA) is 42.5 Å². The number of hydrogen-bond donors (Lipinski definition) is 2. The second-order valence-corrected chi connectivity index (χ2v) is 5.94. The molecule has 3 rings (SSSR count). The Balaban J connectivity index is 1.62. The molecule has 2 N–H and O–H groups in total. The molecule has 0 radical (unpaired) electrons. The summed E-state index contributed by atoms with van der Waals surface area (Å²) in [7, 11) is 0. The van der Waals surface area contributed by atoms with Crippen LogP contribution in [-0.4, -0.2) is 6.61 Å². The summed E-state index contributed by atoms with van der Waals surface area (Å²) >= 11 is 0. The van der Waals surface area contributed by atoms with Gasteiger partial charge in [-0.2, -0.15) is 0 Å². The molecule has 0 fully saturated rings. The monoisotopic (exact) mass is 366 g/mol. The van der Waals surface area contributed by atoms with Crippen molar-refractivity contribution in [3.8, 4) is 11.5 Å². The minimum Gasteiger partial charge on any atom is -0.490 e. The number of hydrogen-bond acceptors (Lipinski definition) is 4. The van der Waals surface area contributed by atoms with E-state index >= 15 is 0 Å². The van der Waals surface area contributed by atoms with Crippen LogP contribution in [0.3, 0.4) is 0 Å². The molecule has 0 unspecified atom stereocenters. The summed E-state index contributed by atoms with van der Waals surface area (Å²) < 4.78 is 25.2. The molecule has 0 spiro atoms. The highest BCUT2D eigenvalue weighted by atomic mass is 19.1. The Labute approximate surface area is 158 Å². The molecule has 4 nitrogen and oxygen atoms in total. The van der Waals surface area contributed by atoms with Crippen LogP contribution < -0.4 is 20.3 Å². The van der Waals surface area contributed by atoms with Gasteiger partial charge >= 0.3 is 0 Å². The van der Waals surface area contributed by atoms with E-state index in [9.17, 15) is 4.39 Å². The Kier molecular flexibility index (Phi) is 6.66. The van der Waals surface area contributed by atoms with Crippen LogP contribution in [0.2, 0.25) is 0 Å². The van der Waals surface area contributed by atoms with Crippen molar-refractivity contribution in [2.45, 2.75) is 20.1 Å². The van der Waals surface area contributed by atoms with Crippen molar-refractivity contribution in [1.82, 2.24) is 5.43 Å². The summed E-state index contributed by atoms with van der Waals surface area (Å²) in [6.07, 6.45) is 0. The second-order valence-electron chi connectivity index (χ2n) is 5.94. The summed E-state index contributed by atoms with van der Waals surface area (Å²) in [5.74, 6) is 0.969. The molecule has 0 saturated carbocycles. The molecule has 0 aliphatic carbocycles. The van der Waals surface area contributed by atoms with Crippen molar-refractivity contribution in [3.05, 3.63) is 89.7 Å². The van der Waals surface area contributed by atoms with E-state index in [-0.39, 0.29) is 12.4 Å². The molecule has 0 aliphatic heterocycles. The van der Waals surface area contributed by atoms with E-state index in [2.05, 4.69) is 10.9 Å². The zero-order valence-corrected chi connectivity index (χ0v) is 15.2. The molecule has 0 bridgehead atoms. The Morgan fingerprint density at radius 1 is 0.852 bits per heavy atom. The van der Waals surface area contributed by atoms with E-state index in [0.717, 1.165) is 11.3 Å². The Morgan fingerprint density at radius 2 is 1.63 bits per heavy atom. The third-order valence-corrected chi connectivity index (χ3v) is 3.95. The predicted octanol–water partition coefficient (Wildman–Crippen LogP) is 4.92. The van der Waals surface area contributed by atoms with Gasteiger partial charge in [-0.05, 0) is 42.8 Å². The maximum Gasteiger partial charge on any atom is 0.161 e. The lowest BCUT2D eigenvalue weighted by molar-refractivity contribution is 0.265. The van der Waals surface area contributed by atoms with Gasteiger partial charge in [-0.15, -0.1) is 0 Å². The van der Waals surface area contributed by atoms with E-state index in [0.29, 0.717) is 30.2 Å². The van der Waals surface area contributed by atoms with Crippen molar-refractivity contribution in [1.29, 1.82) is 0 Å². The fourth-order valence-corrected chi connectivity index (χ4v) is 2.59. The predicted molar refractivity (Wildman–Crippen MR) is 105 cm³/mol. The molecule has 140 valence electrons. The minimum atomic E-state index is -0.275. The van der Waals surface area contributed by atoms with E-state index in [1.165, 1.54) is 6.07 Å². The first kappa shape index (κ1) is 18.7. The summed E-state index contributed by atoms with van der Waals surface area (Å²) in [4.78, 5) is 0. The number of ether oxygens (including phenoxy) is 2. The van der Waals surface area contributed by atoms with Crippen LogP contribution >= 0.6 is 0 Å². The van der Waals surface area contributed by atoms with Gasteiger partial charge < -0.3 is 14.9 Å². The van der Waals surface area contributed by atoms with Crippen LogP contribution in [0, 0.1) is 5.82 Å². The fourth-order valence-electron chi connectivity index (χ4n) is 2.59. The first-order valence-electron chi connectivity index (χ1n) is 8.92. The maximum absolute atomic E-state index is 13.8. The summed E-state index contributed by atoms with van der Waals surface area (Å²) in [5.41, 5.74) is 8.87. The van der Waals surface area contributed by atoms with Gasteiger partial charge in [0.15, 0.2) is 11.5 Å². The molecule has 0 atom stereocenters. The zero-order chi connectivity index (χ0) is 18.9. The molecular weight excluding hydrogens is 343 g/mol. The van der Waals surface area contributed by atoms with Gasteiger partial charge in [0.1, 0.15) is 12.4 Å². The molecule has 0 heterocycles. The lowest BCUT2D eigenvalue weighted by Gasteiger charge is -2.14. The van der Waals surface area contributed by atoms with Gasteiger partial charge in [0.25, 0.3) is 0 Å². The standard InChI is InChI=1S/C22H23FN2O2/c1-2-26-22-14-17(15-24-25-19-9-4-3-5-10-19)12-13-21(22)27-16-18-8-6-7-11-20(18)23/h3-14,24-25H,2,15-16H2,1H3. The average Bonchev–Trinajstić information content (AvgIpc) is 2.69. The first-order valence-corrected chi connectivity index (χ1v) is 8.92. The molecular formula is C22H23FN2O2. The largest absolute Gasteiger partial charge is 0.490 e. The highest BCUT2D eigenvalue weighted by molar-refractivity contribution is 5.44. The number of benzene rings is 3. The Bertz CT molecular complexity index is 856. The average molecular weight is 366 g/mol. The Morgan fingerprint density at radius 3 is 2.41 bits per heavy atom. The lowest BCUT2D eigenvalue weighted by atomic mass is 10.2. The van der Waals surface area contributed by atoms with Gasteiger partial charge in [0.2, 0.25) is 0 Å². The van der Waals surface area contributed by atoms with Crippen molar-refractivity contribution < 1.29 is 13.9 Å². The molecule has 3 aromatic carbocycles. The number of rotatable bonds is 9. The quantitative estimate of drug-likeness (QED) is 0.528. The van der Waals surface area contributed by atoms with Gasteiger partial charge in [0.05, 0.1) is 6.61 Å². The van der Waals surface area contributed by atoms with Crippen LogP contribution in [-0.2, 0) is 13.2 Å². The van der Waals surface area contributed by atoms with Crippen molar-refractivity contribution in [2.75, 3.05) is 12.0 Å². The summed E-state index contributed by atoms with van der Waals surface area (Å²) in [5, 5.41) is 0. The molecule has 0 amide bonds. The number of anilines is 1. The normalized spacial score (nSPS) is 10.4. The van der Waals surface area contributed by atoms with Crippen molar-refractivity contribution >= 4 is 5.69 Å². The number of hydrazine groups is 1.